The van der Waals surface area contributed by atoms with Gasteiger partial charge < -0.3 is 14.9 Å². The molecule has 15 heteroatoms. The first kappa shape index (κ1) is 39.0. The fourth-order valence-electron chi connectivity index (χ4n) is 4.55. The number of pyridine rings is 6. The number of hydrogen-bond acceptors (Lipinski definition) is 6. The summed E-state index contributed by atoms with van der Waals surface area (Å²) in [6, 6.07) is 20.5. The standard InChI is InChI=1S/C13H12F2N3.C11H7F2N2.C10H5F2N2.2Ir/c1-17(2)9-3-4-18-7-8-5-11(14)16-13(15)12(8)10(18)6-9;1-7-4-5-14-9(6-7)8-2-3-10(12)15-11(8)13;11-9-5-4-7(10(12)14-9)8-3-1-2-6-13-8;;/h3-6H,7H2,1-2H3;3-6H,1H3;1-3,5-6H;;/q+1;2*-1;;. The third-order valence-electron chi connectivity index (χ3n) is 6.74. The summed E-state index contributed by atoms with van der Waals surface area (Å²) in [6.45, 7) is 2.34. The predicted octanol–water partition coefficient (Wildman–Crippen LogP) is 6.49. The monoisotopic (exact) mass is 1030 g/mol. The number of nitrogens with zero attached hydrogens (tertiary/aromatic N) is 7. The topological polar surface area (TPSA) is 71.6 Å². The Kier molecular flexibility index (Phi) is 13.8. The molecule has 7 heterocycles. The van der Waals surface area contributed by atoms with Gasteiger partial charge in [0.2, 0.25) is 17.6 Å². The molecule has 6 aromatic heterocycles. The molecular weight excluding hydrogens is 1000 g/mol. The van der Waals surface area contributed by atoms with Gasteiger partial charge in [-0.25, -0.2) is 17.6 Å². The zero-order valence-electron chi connectivity index (χ0n) is 25.8. The summed E-state index contributed by atoms with van der Waals surface area (Å²) in [5.74, 6) is -5.08. The van der Waals surface area contributed by atoms with E-state index in [4.69, 9.17) is 0 Å². The van der Waals surface area contributed by atoms with E-state index < -0.39 is 35.7 Å². The summed E-state index contributed by atoms with van der Waals surface area (Å²) < 4.78 is 80.1. The van der Waals surface area contributed by atoms with Crippen molar-refractivity contribution in [2.45, 2.75) is 13.5 Å². The van der Waals surface area contributed by atoms with Crippen LogP contribution < -0.4 is 9.47 Å². The van der Waals surface area contributed by atoms with E-state index in [-0.39, 0.29) is 51.3 Å². The zero-order chi connectivity index (χ0) is 33.7. The summed E-state index contributed by atoms with van der Waals surface area (Å²) in [7, 11) is 3.84. The first-order valence-corrected chi connectivity index (χ1v) is 13.9. The summed E-state index contributed by atoms with van der Waals surface area (Å²) in [5, 5.41) is 0. The van der Waals surface area contributed by atoms with Crippen molar-refractivity contribution in [1.82, 2.24) is 24.9 Å². The predicted molar refractivity (Wildman–Crippen MR) is 160 cm³/mol. The maximum absolute atomic E-state index is 13.8. The average molecular weight is 1030 g/mol. The van der Waals surface area contributed by atoms with E-state index in [1.54, 1.807) is 36.5 Å². The van der Waals surface area contributed by atoms with E-state index >= 15 is 0 Å². The van der Waals surface area contributed by atoms with Gasteiger partial charge in [-0.2, -0.15) is 18.3 Å². The van der Waals surface area contributed by atoms with E-state index in [1.165, 1.54) is 12.3 Å². The van der Waals surface area contributed by atoms with Gasteiger partial charge in [0.25, 0.3) is 0 Å². The second-order valence-electron chi connectivity index (χ2n) is 10.3. The molecule has 1 aliphatic heterocycles. The second-order valence-corrected chi connectivity index (χ2v) is 10.3. The van der Waals surface area contributed by atoms with E-state index in [2.05, 4.69) is 37.1 Å². The van der Waals surface area contributed by atoms with Crippen molar-refractivity contribution >= 4 is 5.69 Å². The van der Waals surface area contributed by atoms with Crippen LogP contribution in [0.15, 0.2) is 79.3 Å². The SMILES string of the molecule is CN(C)c1cc[n+]2c(c1)-c1c(cc(F)nc1F)C2.Cc1ccnc(-c2[c-]cc(F)nc2F)c1.Fc1c[c-]c(-c2ccccn2)c(F)n1.[Ir].[Ir]. The largest absolute Gasteiger partial charge is 0.377 e. The first-order valence-electron chi connectivity index (χ1n) is 13.9. The molecule has 0 saturated heterocycles. The Labute approximate surface area is 304 Å². The molecule has 256 valence electrons. The van der Waals surface area contributed by atoms with Gasteiger partial charge in [-0.15, -0.1) is 12.1 Å². The maximum atomic E-state index is 13.8. The third kappa shape index (κ3) is 9.60. The van der Waals surface area contributed by atoms with Crippen molar-refractivity contribution in [1.29, 1.82) is 0 Å². The van der Waals surface area contributed by atoms with Gasteiger partial charge >= 0.3 is 0 Å². The number of rotatable bonds is 3. The molecule has 6 aromatic rings. The summed E-state index contributed by atoms with van der Waals surface area (Å²) in [5.41, 5.74) is 4.64. The fraction of sp³-hybridized carbons (Fsp3) is 0.118. The van der Waals surface area contributed by atoms with Crippen LogP contribution in [-0.2, 0) is 46.8 Å². The smallest absolute Gasteiger partial charge is 0.230 e. The molecule has 49 heavy (non-hydrogen) atoms. The minimum absolute atomic E-state index is 0. The van der Waals surface area contributed by atoms with E-state index in [9.17, 15) is 26.3 Å². The molecule has 0 bridgehead atoms. The van der Waals surface area contributed by atoms with Crippen LogP contribution in [0.2, 0.25) is 0 Å². The first-order chi connectivity index (χ1) is 22.5. The summed E-state index contributed by atoms with van der Waals surface area (Å²) in [6.07, 6.45) is 4.95. The number of halogens is 6. The Morgan fingerprint density at radius 2 is 1.31 bits per heavy atom. The van der Waals surface area contributed by atoms with Crippen molar-refractivity contribution in [2.24, 2.45) is 0 Å². The number of fused-ring (bicyclic) bond motifs is 3. The van der Waals surface area contributed by atoms with Gasteiger partial charge in [-0.3, -0.25) is 9.97 Å². The number of hydrogen-bond donors (Lipinski definition) is 0. The van der Waals surface area contributed by atoms with Crippen molar-refractivity contribution in [3.63, 3.8) is 0 Å². The molecule has 0 aliphatic carbocycles. The molecule has 7 rings (SSSR count). The third-order valence-corrected chi connectivity index (χ3v) is 6.74. The van der Waals surface area contributed by atoms with Crippen molar-refractivity contribution in [2.75, 3.05) is 19.0 Å². The summed E-state index contributed by atoms with van der Waals surface area (Å²) >= 11 is 0. The Hall–Kier alpha value is -4.42. The van der Waals surface area contributed by atoms with Crippen LogP contribution in [-0.4, -0.2) is 39.0 Å². The van der Waals surface area contributed by atoms with Crippen LogP contribution in [0.1, 0.15) is 11.1 Å². The van der Waals surface area contributed by atoms with Crippen LogP contribution in [0, 0.1) is 54.7 Å². The minimum Gasteiger partial charge on any atom is -0.377 e. The van der Waals surface area contributed by atoms with E-state index in [0.717, 1.165) is 29.1 Å². The summed E-state index contributed by atoms with van der Waals surface area (Å²) in [4.78, 5) is 19.2. The fourth-order valence-corrected chi connectivity index (χ4v) is 4.55. The minimum atomic E-state index is -0.899. The van der Waals surface area contributed by atoms with Gasteiger partial charge in [-0.05, 0) is 30.4 Å². The van der Waals surface area contributed by atoms with Gasteiger partial charge in [0.15, 0.2) is 12.7 Å². The molecule has 0 aromatic carbocycles. The Morgan fingerprint density at radius 1 is 0.694 bits per heavy atom. The number of anilines is 1. The Bertz CT molecular complexity index is 2050. The molecule has 0 spiro atoms. The van der Waals surface area contributed by atoms with Crippen molar-refractivity contribution < 1.29 is 71.1 Å². The Morgan fingerprint density at radius 3 is 1.88 bits per heavy atom. The van der Waals surface area contributed by atoms with Crippen molar-refractivity contribution in [3.8, 4) is 33.8 Å². The normalized spacial score (nSPS) is 10.6. The molecule has 0 fully saturated rings. The molecule has 7 nitrogen and oxygen atoms in total. The molecular formula is C34H24F6Ir2N7-. The van der Waals surface area contributed by atoms with Gasteiger partial charge in [0.05, 0.1) is 0 Å². The van der Waals surface area contributed by atoms with E-state index in [0.29, 0.717) is 29.1 Å². The van der Waals surface area contributed by atoms with Crippen LogP contribution in [0.4, 0.5) is 32.0 Å². The maximum Gasteiger partial charge on any atom is 0.230 e. The van der Waals surface area contributed by atoms with Crippen LogP contribution in [0.5, 0.6) is 0 Å². The zero-order valence-corrected chi connectivity index (χ0v) is 30.6. The molecule has 0 atom stereocenters. The molecule has 0 saturated carbocycles. The molecule has 1 aliphatic rings. The van der Waals surface area contributed by atoms with Crippen molar-refractivity contribution in [3.05, 3.63) is 138 Å². The van der Waals surface area contributed by atoms with Gasteiger partial charge in [0, 0.05) is 96.1 Å². The van der Waals surface area contributed by atoms with Crippen LogP contribution >= 0.6 is 0 Å². The number of aromatic nitrogens is 6. The van der Waals surface area contributed by atoms with Crippen LogP contribution in [0.25, 0.3) is 33.8 Å². The van der Waals surface area contributed by atoms with Crippen LogP contribution in [0.3, 0.4) is 0 Å². The number of aryl methyl sites for hydroxylation is 1. The Balaban J connectivity index is 0.000000197. The molecule has 0 N–H and O–H groups in total. The molecule has 0 amide bonds. The molecule has 2 radical (unpaired) electrons. The second kappa shape index (κ2) is 17.3. The quantitative estimate of drug-likeness (QED) is 0.0874. The van der Waals surface area contributed by atoms with Gasteiger partial charge in [0.1, 0.15) is 29.4 Å². The van der Waals surface area contributed by atoms with Gasteiger partial charge in [-0.1, -0.05) is 47.0 Å². The molecule has 0 unspecified atom stereocenters. The average Bonchev–Trinajstić information content (AvgIpc) is 3.40. The van der Waals surface area contributed by atoms with E-state index in [1.807, 2.05) is 48.8 Å².